The van der Waals surface area contributed by atoms with E-state index < -0.39 is 108 Å². The summed E-state index contributed by atoms with van der Waals surface area (Å²) in [6.07, 6.45) is 1.24. The lowest BCUT2D eigenvalue weighted by Crippen LogP contribution is -2.64. The lowest BCUT2D eigenvalue weighted by atomic mass is 9.93. The van der Waals surface area contributed by atoms with Gasteiger partial charge in [-0.3, -0.25) is 44.1 Å². The zero-order valence-electron chi connectivity index (χ0n) is 52.0. The molecule has 3 aromatic heterocycles. The van der Waals surface area contributed by atoms with Gasteiger partial charge >= 0.3 is 35.8 Å². The number of ether oxygens (including phenoxy) is 3. The number of rotatable bonds is 21. The number of aliphatic imine (C=N–C) groups is 3. The third kappa shape index (κ3) is 16.4. The summed E-state index contributed by atoms with van der Waals surface area (Å²) in [4.78, 5) is 105. The fourth-order valence-corrected chi connectivity index (χ4v) is 14.3. The van der Waals surface area contributed by atoms with Crippen molar-refractivity contribution in [3.05, 3.63) is 187 Å². The van der Waals surface area contributed by atoms with Crippen molar-refractivity contribution in [3.8, 4) is 0 Å². The zero-order valence-corrected chi connectivity index (χ0v) is 57.6. The predicted octanol–water partition coefficient (Wildman–Crippen LogP) is 7.01. The monoisotopic (exact) mass is 1530 g/mol. The topological polar surface area (TPSA) is 353 Å². The standard InChI is InChI=1S/C21H20BrFN4O5S.C21H19ClF2N4O4S.C21H20ClFN4O5S/c1-2-32-21(31)15-13(8-27-9-14(28)17(27)20(29)30)25-18(19-24-5-6-33-19)26-16(15)11-4-3-10(23)7-12(11)22;1-2-32-21(31)15-14(9-28-8-13(24)17(28)20(29)30)26-18(19-25-5-6-33-19)27-16(15)11-4-3-10(23)7-12(11)22;1-2-32-21(31)15-13(8-27-9-14(28)17(27)20(29)30)25-18(19-24-5-6-33-19)26-16(15)11-4-3-10(23)7-12(11)22/h3-7,14,16-17,28H,2,8-9H2,1H3,(H,25,26)(H,29,30);3-7,13,16-17H,2,8-9H2,1H3,(H,26,27)(H,29,30);3-7,14,16-17,28H,2,8-9H2,1H3,(H,25,26)(H,29,30). The van der Waals surface area contributed by atoms with Crippen molar-refractivity contribution in [1.82, 2.24) is 45.6 Å². The molecule has 522 valence electrons. The molecule has 26 nitrogen and oxygen atoms in total. The molecule has 36 heteroatoms. The van der Waals surface area contributed by atoms with Gasteiger partial charge in [0.25, 0.3) is 0 Å². The smallest absolute Gasteiger partial charge is 0.338 e. The van der Waals surface area contributed by atoms with Crippen LogP contribution < -0.4 is 16.0 Å². The summed E-state index contributed by atoms with van der Waals surface area (Å²) < 4.78 is 71.3. The van der Waals surface area contributed by atoms with Gasteiger partial charge in [-0.1, -0.05) is 57.3 Å². The maximum Gasteiger partial charge on any atom is 0.338 e. The molecule has 6 aromatic rings. The van der Waals surface area contributed by atoms with E-state index >= 15 is 0 Å². The number of amidine groups is 3. The van der Waals surface area contributed by atoms with Gasteiger partial charge in [0, 0.05) is 117 Å². The summed E-state index contributed by atoms with van der Waals surface area (Å²) in [5.41, 5.74) is 2.67. The second-order valence-electron chi connectivity index (χ2n) is 22.2. The highest BCUT2D eigenvalue weighted by molar-refractivity contribution is 9.10. The molecule has 12 rings (SSSR count). The summed E-state index contributed by atoms with van der Waals surface area (Å²) in [7, 11) is 0. The van der Waals surface area contributed by atoms with Crippen LogP contribution in [0.5, 0.6) is 0 Å². The maximum absolute atomic E-state index is 13.9. The number of aliphatic carboxylic acids is 3. The number of thiazole rings is 3. The van der Waals surface area contributed by atoms with Gasteiger partial charge < -0.3 is 55.7 Å². The van der Waals surface area contributed by atoms with Crippen molar-refractivity contribution in [2.75, 3.05) is 59.1 Å². The third-order valence-electron chi connectivity index (χ3n) is 15.9. The molecular weight excluding hydrogens is 1470 g/mol. The maximum atomic E-state index is 13.9. The third-order valence-corrected chi connectivity index (χ3v) is 19.6. The van der Waals surface area contributed by atoms with E-state index in [-0.39, 0.29) is 91.6 Å². The van der Waals surface area contributed by atoms with Crippen LogP contribution in [0.2, 0.25) is 10.0 Å². The summed E-state index contributed by atoms with van der Waals surface area (Å²) >= 11 is 19.9. The Morgan fingerprint density at radius 1 is 0.525 bits per heavy atom. The fraction of sp³-hybridized carbons (Fsp3) is 0.333. The van der Waals surface area contributed by atoms with E-state index in [0.29, 0.717) is 65.1 Å². The highest BCUT2D eigenvalue weighted by Crippen LogP contribution is 2.42. The van der Waals surface area contributed by atoms with E-state index in [1.54, 1.807) is 55.5 Å². The Balaban J connectivity index is 0.000000161. The number of nitrogens with one attached hydrogen (secondary N) is 3. The van der Waals surface area contributed by atoms with Crippen molar-refractivity contribution in [3.63, 3.8) is 0 Å². The Morgan fingerprint density at radius 2 is 0.848 bits per heavy atom. The minimum absolute atomic E-state index is 0.00187. The number of carboxylic acids is 3. The number of carbonyl (C=O) groups is 6. The fourth-order valence-electron chi connectivity index (χ4n) is 11.4. The lowest BCUT2D eigenvalue weighted by molar-refractivity contribution is -0.160. The normalized spacial score (nSPS) is 22.9. The number of likely N-dealkylation sites (tertiary alicyclic amines) is 3. The number of hydrogen-bond acceptors (Lipinski definition) is 26. The van der Waals surface area contributed by atoms with Crippen molar-refractivity contribution in [2.24, 2.45) is 15.0 Å². The van der Waals surface area contributed by atoms with Crippen molar-refractivity contribution in [2.45, 2.75) is 75.4 Å². The number of alkyl halides is 1. The molecule has 0 amide bonds. The average Bonchev–Trinajstić information content (AvgIpc) is 1.22. The number of β-amino-alcohol motifs (C(OH)–C–C–N with tert-alkyl or cyclic N) is 2. The molecule has 0 saturated carbocycles. The van der Waals surface area contributed by atoms with Crippen LogP contribution in [0, 0.1) is 17.5 Å². The quantitative estimate of drug-likeness (QED) is 0.0204. The Kier molecular flexibility index (Phi) is 23.9. The molecule has 6 aliphatic rings. The molecule has 0 spiro atoms. The first-order chi connectivity index (χ1) is 47.4. The Labute approximate surface area is 590 Å². The van der Waals surface area contributed by atoms with E-state index in [4.69, 9.17) is 42.4 Å². The molecule has 0 radical (unpaired) electrons. The number of nitrogens with zero attached hydrogens (tertiary/aromatic N) is 9. The van der Waals surface area contributed by atoms with Gasteiger partial charge in [0.1, 0.15) is 59.9 Å². The number of carbonyl (C=O) groups excluding carboxylic acids is 3. The van der Waals surface area contributed by atoms with Crippen LogP contribution in [-0.4, -0.2) is 204 Å². The first-order valence-electron chi connectivity index (χ1n) is 30.1. The van der Waals surface area contributed by atoms with Gasteiger partial charge in [-0.05, 0) is 62.7 Å². The molecule has 0 aliphatic carbocycles. The van der Waals surface area contributed by atoms with E-state index in [2.05, 4.69) is 56.8 Å². The van der Waals surface area contributed by atoms with Gasteiger partial charge in [0.05, 0.1) is 48.7 Å². The Morgan fingerprint density at radius 3 is 1.13 bits per heavy atom. The minimum Gasteiger partial charge on any atom is -0.480 e. The van der Waals surface area contributed by atoms with Crippen LogP contribution in [0.15, 0.2) is 143 Å². The van der Waals surface area contributed by atoms with Crippen LogP contribution in [0.25, 0.3) is 0 Å². The van der Waals surface area contributed by atoms with E-state index in [0.717, 1.165) is 12.1 Å². The van der Waals surface area contributed by atoms with Gasteiger partial charge in [0.15, 0.2) is 32.5 Å². The van der Waals surface area contributed by atoms with Gasteiger partial charge in [-0.15, -0.1) is 34.0 Å². The number of aliphatic hydroxyl groups is 2. The second-order valence-corrected chi connectivity index (χ2v) is 26.5. The molecular formula is C63H59BrCl2F4N12O14S3. The molecule has 3 aromatic carbocycles. The lowest BCUT2D eigenvalue weighted by Gasteiger charge is -2.43. The molecule has 8 N–H and O–H groups in total. The molecule has 0 bridgehead atoms. The van der Waals surface area contributed by atoms with Crippen LogP contribution in [-0.2, 0) is 43.0 Å². The van der Waals surface area contributed by atoms with E-state index in [1.807, 2.05) is 0 Å². The molecule has 6 aliphatic heterocycles. The zero-order chi connectivity index (χ0) is 71.1. The predicted molar refractivity (Wildman–Crippen MR) is 357 cm³/mol. The van der Waals surface area contributed by atoms with Crippen LogP contribution in [0.4, 0.5) is 17.6 Å². The first kappa shape index (κ1) is 73.3. The average molecular weight is 1530 g/mol. The number of aromatic nitrogens is 3. The molecule has 9 atom stereocenters. The van der Waals surface area contributed by atoms with Crippen LogP contribution in [0.1, 0.15) is 70.6 Å². The molecule has 3 saturated heterocycles. The van der Waals surface area contributed by atoms with E-state index in [9.17, 15) is 71.9 Å². The molecule has 9 unspecified atom stereocenters. The van der Waals surface area contributed by atoms with Crippen molar-refractivity contribution in [1.29, 1.82) is 0 Å². The van der Waals surface area contributed by atoms with Gasteiger partial charge in [-0.25, -0.2) is 46.9 Å². The molecule has 99 heavy (non-hydrogen) atoms. The number of halogens is 7. The van der Waals surface area contributed by atoms with Crippen LogP contribution in [0.3, 0.4) is 0 Å². The summed E-state index contributed by atoms with van der Waals surface area (Å²) in [6.45, 7) is 5.37. The number of aliphatic hydroxyl groups excluding tert-OH is 2. The summed E-state index contributed by atoms with van der Waals surface area (Å²) in [6, 6.07) is 5.30. The second kappa shape index (κ2) is 32.3. The summed E-state index contributed by atoms with van der Waals surface area (Å²) in [5.74, 6) is -6.10. The van der Waals surface area contributed by atoms with E-state index in [1.165, 1.54) is 91.2 Å². The summed E-state index contributed by atoms with van der Waals surface area (Å²) in [5, 5.41) is 64.4. The highest BCUT2D eigenvalue weighted by Gasteiger charge is 2.49. The largest absolute Gasteiger partial charge is 0.480 e. The minimum atomic E-state index is -1.52. The number of hydrogen-bond donors (Lipinski definition) is 8. The van der Waals surface area contributed by atoms with Crippen molar-refractivity contribution < 1.29 is 86.1 Å². The van der Waals surface area contributed by atoms with Gasteiger partial charge in [0.2, 0.25) is 0 Å². The van der Waals surface area contributed by atoms with Crippen molar-refractivity contribution >= 4 is 126 Å². The number of carboxylic acid groups (broad SMARTS) is 3. The Bertz CT molecular complexity index is 3850. The molecule has 9 heterocycles. The first-order valence-corrected chi connectivity index (χ1v) is 34.3. The highest BCUT2D eigenvalue weighted by atomic mass is 79.9. The van der Waals surface area contributed by atoms with Crippen LogP contribution >= 0.6 is 73.1 Å². The Hall–Kier alpha value is -8.42. The SMILES string of the molecule is CCOC(=O)C1=C(CN2CC(F)C2C(=O)O)NC(c2nccs2)=NC1c1ccc(F)cc1Cl.CCOC(=O)C1=C(CN2CC(O)C2C(=O)O)NC(c2nccs2)=NC1c1ccc(F)cc1Br.CCOC(=O)C1=C(CN2CC(O)C2C(=O)O)NC(c2nccs2)=NC1c1ccc(F)cc1Cl. The number of esters is 3. The molecule has 3 fully saturated rings. The van der Waals surface area contributed by atoms with Gasteiger partial charge in [-0.2, -0.15) is 0 Å². The number of benzene rings is 3.